The number of carbonyl (C=O) groups excluding carboxylic acids is 1. The minimum Gasteiger partial charge on any atom is -0.466 e. The third-order valence-corrected chi connectivity index (χ3v) is 2.36. The van der Waals surface area contributed by atoms with Crippen LogP contribution in [0.1, 0.15) is 24.5 Å². The average Bonchev–Trinajstić information content (AvgIpc) is 2.29. The van der Waals surface area contributed by atoms with Crippen molar-refractivity contribution in [1.29, 1.82) is 0 Å². The van der Waals surface area contributed by atoms with Crippen molar-refractivity contribution < 1.29 is 13.9 Å². The van der Waals surface area contributed by atoms with E-state index in [1.165, 1.54) is 6.07 Å². The predicted molar refractivity (Wildman–Crippen MR) is 64.1 cm³/mol. The van der Waals surface area contributed by atoms with E-state index in [2.05, 4.69) is 5.32 Å². The summed E-state index contributed by atoms with van der Waals surface area (Å²) in [5.41, 5.74) is 1.64. The summed E-state index contributed by atoms with van der Waals surface area (Å²) in [4.78, 5) is 11.0. The summed E-state index contributed by atoms with van der Waals surface area (Å²) in [5, 5.41) is 3.11. The summed E-state index contributed by atoms with van der Waals surface area (Å²) in [6.07, 6.45) is 0.355. The van der Waals surface area contributed by atoms with Crippen LogP contribution in [-0.2, 0) is 16.1 Å². The molecule has 17 heavy (non-hydrogen) atoms. The fourth-order valence-corrected chi connectivity index (χ4v) is 1.47. The molecule has 0 saturated carbocycles. The van der Waals surface area contributed by atoms with E-state index in [9.17, 15) is 9.18 Å². The Labute approximate surface area is 101 Å². The van der Waals surface area contributed by atoms with Gasteiger partial charge >= 0.3 is 5.97 Å². The molecule has 0 saturated heterocycles. The summed E-state index contributed by atoms with van der Waals surface area (Å²) < 4.78 is 17.8. The van der Waals surface area contributed by atoms with Gasteiger partial charge in [-0.15, -0.1) is 0 Å². The molecule has 0 unspecified atom stereocenters. The zero-order valence-electron chi connectivity index (χ0n) is 10.3. The topological polar surface area (TPSA) is 38.3 Å². The fourth-order valence-electron chi connectivity index (χ4n) is 1.47. The number of nitrogens with one attached hydrogen (secondary N) is 1. The third kappa shape index (κ3) is 4.95. The quantitative estimate of drug-likeness (QED) is 0.611. The normalized spacial score (nSPS) is 10.3. The number of rotatable bonds is 6. The second kappa shape index (κ2) is 7.01. The standard InChI is InChI=1S/C13H18FNO2/c1-3-17-13(16)6-7-15-9-11-4-5-12(14)10(2)8-11/h4-5,8,15H,3,6-7,9H2,1-2H3. The molecule has 1 aromatic rings. The van der Waals surface area contributed by atoms with Gasteiger partial charge in [-0.1, -0.05) is 12.1 Å². The van der Waals surface area contributed by atoms with Crippen LogP contribution in [-0.4, -0.2) is 19.1 Å². The lowest BCUT2D eigenvalue weighted by atomic mass is 10.1. The van der Waals surface area contributed by atoms with Gasteiger partial charge in [0.2, 0.25) is 0 Å². The minimum absolute atomic E-state index is 0.194. The Kier molecular flexibility index (Phi) is 5.63. The van der Waals surface area contributed by atoms with Gasteiger partial charge in [-0.2, -0.15) is 0 Å². The van der Waals surface area contributed by atoms with E-state index in [1.54, 1.807) is 26.0 Å². The van der Waals surface area contributed by atoms with Gasteiger partial charge in [-0.3, -0.25) is 4.79 Å². The van der Waals surface area contributed by atoms with E-state index in [1.807, 2.05) is 0 Å². The Morgan fingerprint density at radius 1 is 1.47 bits per heavy atom. The first-order valence-corrected chi connectivity index (χ1v) is 5.75. The minimum atomic E-state index is -0.199. The molecule has 94 valence electrons. The third-order valence-electron chi connectivity index (χ3n) is 2.36. The molecule has 0 aliphatic rings. The van der Waals surface area contributed by atoms with Crippen LogP contribution >= 0.6 is 0 Å². The number of ether oxygens (including phenoxy) is 1. The van der Waals surface area contributed by atoms with Crippen molar-refractivity contribution in [1.82, 2.24) is 5.32 Å². The van der Waals surface area contributed by atoms with E-state index < -0.39 is 0 Å². The van der Waals surface area contributed by atoms with Gasteiger partial charge < -0.3 is 10.1 Å². The van der Waals surface area contributed by atoms with Crippen molar-refractivity contribution in [3.05, 3.63) is 35.1 Å². The number of hydrogen-bond acceptors (Lipinski definition) is 3. The van der Waals surface area contributed by atoms with Crippen LogP contribution in [0, 0.1) is 12.7 Å². The highest BCUT2D eigenvalue weighted by Crippen LogP contribution is 2.08. The van der Waals surface area contributed by atoms with Crippen LogP contribution in [0.15, 0.2) is 18.2 Å². The molecular formula is C13H18FNO2. The highest BCUT2D eigenvalue weighted by molar-refractivity contribution is 5.69. The van der Waals surface area contributed by atoms with Crippen molar-refractivity contribution in [3.63, 3.8) is 0 Å². The Balaban J connectivity index is 2.26. The van der Waals surface area contributed by atoms with Gasteiger partial charge in [-0.05, 0) is 31.0 Å². The molecule has 0 spiro atoms. The van der Waals surface area contributed by atoms with Gasteiger partial charge in [0.25, 0.3) is 0 Å². The molecule has 0 heterocycles. The van der Waals surface area contributed by atoms with Gasteiger partial charge in [-0.25, -0.2) is 4.39 Å². The molecule has 0 bridgehead atoms. The second-order valence-corrected chi connectivity index (χ2v) is 3.82. The van der Waals surface area contributed by atoms with E-state index in [-0.39, 0.29) is 11.8 Å². The van der Waals surface area contributed by atoms with Crippen molar-refractivity contribution in [2.24, 2.45) is 0 Å². The summed E-state index contributed by atoms with van der Waals surface area (Å²) in [5.74, 6) is -0.393. The number of aryl methyl sites for hydroxylation is 1. The summed E-state index contributed by atoms with van der Waals surface area (Å²) in [6.45, 7) is 5.12. The molecule has 0 amide bonds. The zero-order valence-corrected chi connectivity index (χ0v) is 10.3. The van der Waals surface area contributed by atoms with E-state index in [4.69, 9.17) is 4.74 Å². The lowest BCUT2D eigenvalue weighted by Gasteiger charge is -2.06. The van der Waals surface area contributed by atoms with Crippen LogP contribution < -0.4 is 5.32 Å². The first-order valence-electron chi connectivity index (χ1n) is 5.75. The molecule has 1 aromatic carbocycles. The molecule has 1 N–H and O–H groups in total. The monoisotopic (exact) mass is 239 g/mol. The highest BCUT2D eigenvalue weighted by Gasteiger charge is 2.01. The van der Waals surface area contributed by atoms with Gasteiger partial charge in [0, 0.05) is 13.1 Å². The van der Waals surface area contributed by atoms with Crippen LogP contribution in [0.2, 0.25) is 0 Å². The van der Waals surface area contributed by atoms with E-state index in [0.29, 0.717) is 31.7 Å². The zero-order chi connectivity index (χ0) is 12.7. The van der Waals surface area contributed by atoms with Crippen LogP contribution in [0.3, 0.4) is 0 Å². The number of carbonyl (C=O) groups is 1. The molecule has 0 aromatic heterocycles. The number of hydrogen-bond donors (Lipinski definition) is 1. The van der Waals surface area contributed by atoms with E-state index >= 15 is 0 Å². The molecule has 0 radical (unpaired) electrons. The van der Waals surface area contributed by atoms with Crippen LogP contribution in [0.4, 0.5) is 4.39 Å². The van der Waals surface area contributed by atoms with Gasteiger partial charge in [0.05, 0.1) is 13.0 Å². The molecular weight excluding hydrogens is 221 g/mol. The van der Waals surface area contributed by atoms with Gasteiger partial charge in [0.15, 0.2) is 0 Å². The second-order valence-electron chi connectivity index (χ2n) is 3.82. The first kappa shape index (κ1) is 13.6. The predicted octanol–water partition coefficient (Wildman–Crippen LogP) is 2.18. The molecule has 0 atom stereocenters. The SMILES string of the molecule is CCOC(=O)CCNCc1ccc(F)c(C)c1. The maximum atomic E-state index is 13.0. The molecule has 4 heteroatoms. The van der Waals surface area contributed by atoms with Crippen LogP contribution in [0.5, 0.6) is 0 Å². The Hall–Kier alpha value is -1.42. The fraction of sp³-hybridized carbons (Fsp3) is 0.462. The molecule has 3 nitrogen and oxygen atoms in total. The number of esters is 1. The number of halogens is 1. The van der Waals surface area contributed by atoms with Crippen molar-refractivity contribution in [3.8, 4) is 0 Å². The van der Waals surface area contributed by atoms with Crippen LogP contribution in [0.25, 0.3) is 0 Å². The Bertz CT molecular complexity index is 380. The smallest absolute Gasteiger partial charge is 0.307 e. The summed E-state index contributed by atoms with van der Waals surface area (Å²) in [6, 6.07) is 4.99. The van der Waals surface area contributed by atoms with Crippen molar-refractivity contribution in [2.45, 2.75) is 26.8 Å². The Morgan fingerprint density at radius 3 is 2.88 bits per heavy atom. The number of benzene rings is 1. The van der Waals surface area contributed by atoms with E-state index in [0.717, 1.165) is 5.56 Å². The van der Waals surface area contributed by atoms with Crippen molar-refractivity contribution >= 4 is 5.97 Å². The summed E-state index contributed by atoms with van der Waals surface area (Å²) in [7, 11) is 0. The lowest BCUT2D eigenvalue weighted by Crippen LogP contribution is -2.19. The molecule has 0 fully saturated rings. The average molecular weight is 239 g/mol. The maximum Gasteiger partial charge on any atom is 0.307 e. The molecule has 1 rings (SSSR count). The van der Waals surface area contributed by atoms with Crippen molar-refractivity contribution in [2.75, 3.05) is 13.2 Å². The maximum absolute atomic E-state index is 13.0. The molecule has 0 aliphatic heterocycles. The molecule has 0 aliphatic carbocycles. The first-order chi connectivity index (χ1) is 8.13. The van der Waals surface area contributed by atoms with Gasteiger partial charge in [0.1, 0.15) is 5.82 Å². The largest absolute Gasteiger partial charge is 0.466 e. The lowest BCUT2D eigenvalue weighted by molar-refractivity contribution is -0.142. The highest BCUT2D eigenvalue weighted by atomic mass is 19.1. The summed E-state index contributed by atoms with van der Waals surface area (Å²) >= 11 is 0. The Morgan fingerprint density at radius 2 is 2.24 bits per heavy atom.